The maximum Gasteiger partial charge on any atom is 0.161 e. The van der Waals surface area contributed by atoms with Crippen molar-refractivity contribution in [1.82, 2.24) is 9.55 Å². The van der Waals surface area contributed by atoms with Crippen LogP contribution >= 0.6 is 0 Å². The summed E-state index contributed by atoms with van der Waals surface area (Å²) in [4.78, 5) is 4.81. The zero-order valence-corrected chi connectivity index (χ0v) is 20.4. The van der Waals surface area contributed by atoms with Crippen molar-refractivity contribution in [2.24, 2.45) is 0 Å². The fourth-order valence-corrected chi connectivity index (χ4v) is 3.98. The number of nitrogens with zero attached hydrogens (tertiary/aromatic N) is 2. The van der Waals surface area contributed by atoms with Gasteiger partial charge in [0.05, 0.1) is 31.9 Å². The van der Waals surface area contributed by atoms with E-state index < -0.39 is 0 Å². The zero-order valence-electron chi connectivity index (χ0n) is 20.4. The maximum absolute atomic E-state index is 6.02. The van der Waals surface area contributed by atoms with Gasteiger partial charge in [-0.15, -0.1) is 6.58 Å². The molecule has 0 unspecified atom stereocenters. The number of rotatable bonds is 13. The van der Waals surface area contributed by atoms with Crippen LogP contribution in [0.3, 0.4) is 0 Å². The normalized spacial score (nSPS) is 10.8. The van der Waals surface area contributed by atoms with Gasteiger partial charge in [0, 0.05) is 6.54 Å². The molecule has 0 aliphatic carbocycles. The Morgan fingerprint density at radius 3 is 2.43 bits per heavy atom. The Kier molecular flexibility index (Phi) is 8.28. The zero-order chi connectivity index (χ0) is 24.5. The number of hydrogen-bond donors (Lipinski definition) is 0. The Morgan fingerprint density at radius 1 is 0.857 bits per heavy atom. The van der Waals surface area contributed by atoms with Crippen molar-refractivity contribution in [1.29, 1.82) is 0 Å². The number of unbranched alkanes of at least 4 members (excludes halogenated alkanes) is 1. The molecule has 1 heterocycles. The van der Waals surface area contributed by atoms with Gasteiger partial charge >= 0.3 is 0 Å². The molecule has 4 rings (SSSR count). The number of allylic oxidation sites excluding steroid dienone is 1. The molecule has 0 atom stereocenters. The van der Waals surface area contributed by atoms with Gasteiger partial charge in [-0.25, -0.2) is 4.98 Å². The highest BCUT2D eigenvalue weighted by atomic mass is 16.5. The van der Waals surface area contributed by atoms with Gasteiger partial charge in [-0.2, -0.15) is 0 Å². The van der Waals surface area contributed by atoms with Gasteiger partial charge in [-0.3, -0.25) is 0 Å². The third-order valence-electron chi connectivity index (χ3n) is 5.80. The van der Waals surface area contributed by atoms with Gasteiger partial charge < -0.3 is 23.5 Å². The van der Waals surface area contributed by atoms with Crippen LogP contribution in [-0.2, 0) is 19.6 Å². The van der Waals surface area contributed by atoms with Crippen LogP contribution < -0.4 is 18.9 Å². The van der Waals surface area contributed by atoms with Crippen LogP contribution in [0, 0.1) is 0 Å². The van der Waals surface area contributed by atoms with Crippen LogP contribution in [0.25, 0.3) is 11.0 Å². The minimum absolute atomic E-state index is 0.395. The highest BCUT2D eigenvalue weighted by molar-refractivity contribution is 5.75. The molecule has 0 fully saturated rings. The Balaban J connectivity index is 1.36. The summed E-state index contributed by atoms with van der Waals surface area (Å²) in [6, 6.07) is 21.8. The summed E-state index contributed by atoms with van der Waals surface area (Å²) >= 11 is 0. The van der Waals surface area contributed by atoms with Crippen molar-refractivity contribution in [3.63, 3.8) is 0 Å². The molecular formula is C29H32N2O4. The van der Waals surface area contributed by atoms with Crippen molar-refractivity contribution in [2.75, 3.05) is 20.8 Å². The molecule has 0 amide bonds. The molecule has 6 heteroatoms. The van der Waals surface area contributed by atoms with E-state index in [9.17, 15) is 0 Å². The first-order valence-corrected chi connectivity index (χ1v) is 11.8. The molecule has 0 spiro atoms. The minimum Gasteiger partial charge on any atom is -0.497 e. The van der Waals surface area contributed by atoms with Gasteiger partial charge in [-0.1, -0.05) is 24.3 Å². The molecule has 3 aromatic carbocycles. The standard InChI is InChI=1S/C29H32N2O4/c1-4-9-22-12-17-27(28(20-22)33-3)34-19-8-7-18-31-26-11-6-5-10-25(26)30-29(31)21-35-24-15-13-23(32-2)14-16-24/h4-6,10-17,20H,1,7-9,18-19,21H2,2-3H3. The fraction of sp³-hybridized carbons (Fsp3) is 0.276. The summed E-state index contributed by atoms with van der Waals surface area (Å²) in [6.45, 7) is 5.63. The topological polar surface area (TPSA) is 54.7 Å². The van der Waals surface area contributed by atoms with Crippen molar-refractivity contribution < 1.29 is 18.9 Å². The number of ether oxygens (including phenoxy) is 4. The lowest BCUT2D eigenvalue weighted by Crippen LogP contribution is -2.09. The quantitative estimate of drug-likeness (QED) is 0.171. The molecular weight excluding hydrogens is 440 g/mol. The van der Waals surface area contributed by atoms with E-state index >= 15 is 0 Å². The molecule has 0 aliphatic rings. The number of para-hydroxylation sites is 2. The van der Waals surface area contributed by atoms with Crippen LogP contribution in [0.4, 0.5) is 0 Å². The van der Waals surface area contributed by atoms with Gasteiger partial charge in [0.2, 0.25) is 0 Å². The van der Waals surface area contributed by atoms with Gasteiger partial charge in [-0.05, 0) is 73.4 Å². The van der Waals surface area contributed by atoms with Gasteiger partial charge in [0.1, 0.15) is 23.9 Å². The molecule has 0 aliphatic heterocycles. The monoisotopic (exact) mass is 472 g/mol. The van der Waals surface area contributed by atoms with Crippen molar-refractivity contribution >= 4 is 11.0 Å². The van der Waals surface area contributed by atoms with Gasteiger partial charge in [0.25, 0.3) is 0 Å². The predicted molar refractivity (Wildman–Crippen MR) is 139 cm³/mol. The Morgan fingerprint density at radius 2 is 1.66 bits per heavy atom. The van der Waals surface area contributed by atoms with E-state index in [4.69, 9.17) is 23.9 Å². The molecule has 0 N–H and O–H groups in total. The molecule has 0 saturated heterocycles. The lowest BCUT2D eigenvalue weighted by molar-refractivity contribution is 0.278. The Hall–Kier alpha value is -3.93. The summed E-state index contributed by atoms with van der Waals surface area (Å²) < 4.78 is 25.0. The molecule has 0 radical (unpaired) electrons. The molecule has 182 valence electrons. The van der Waals surface area contributed by atoms with E-state index in [0.717, 1.165) is 71.2 Å². The lowest BCUT2D eigenvalue weighted by Gasteiger charge is -2.13. The lowest BCUT2D eigenvalue weighted by atomic mass is 10.1. The third-order valence-corrected chi connectivity index (χ3v) is 5.80. The first-order chi connectivity index (χ1) is 17.2. The predicted octanol–water partition coefficient (Wildman–Crippen LogP) is 6.22. The van der Waals surface area contributed by atoms with Crippen molar-refractivity contribution in [3.05, 3.63) is 90.8 Å². The third kappa shape index (κ3) is 6.15. The van der Waals surface area contributed by atoms with Crippen LogP contribution in [0.1, 0.15) is 24.2 Å². The number of aromatic nitrogens is 2. The number of aryl methyl sites for hydroxylation is 1. The summed E-state index contributed by atoms with van der Waals surface area (Å²) in [5.74, 6) is 4.01. The van der Waals surface area contributed by atoms with Crippen LogP contribution in [0.5, 0.6) is 23.0 Å². The number of fused-ring (bicyclic) bond motifs is 1. The summed E-state index contributed by atoms with van der Waals surface area (Å²) in [7, 11) is 3.32. The number of imidazole rings is 1. The smallest absolute Gasteiger partial charge is 0.161 e. The van der Waals surface area contributed by atoms with Crippen molar-refractivity contribution in [3.8, 4) is 23.0 Å². The Bertz CT molecular complexity index is 1250. The fourth-order valence-electron chi connectivity index (χ4n) is 3.98. The number of hydrogen-bond acceptors (Lipinski definition) is 5. The minimum atomic E-state index is 0.395. The number of methoxy groups -OCH3 is 2. The molecule has 0 saturated carbocycles. The average molecular weight is 473 g/mol. The molecule has 0 bridgehead atoms. The van der Waals surface area contributed by atoms with E-state index in [0.29, 0.717) is 13.2 Å². The van der Waals surface area contributed by atoms with Gasteiger partial charge in [0.15, 0.2) is 11.5 Å². The van der Waals surface area contributed by atoms with E-state index in [2.05, 4.69) is 17.2 Å². The maximum atomic E-state index is 6.02. The van der Waals surface area contributed by atoms with E-state index in [1.807, 2.05) is 66.7 Å². The van der Waals surface area contributed by atoms with E-state index in [1.54, 1.807) is 14.2 Å². The molecule has 4 aromatic rings. The van der Waals surface area contributed by atoms with Crippen LogP contribution in [0.15, 0.2) is 79.4 Å². The molecule has 35 heavy (non-hydrogen) atoms. The van der Waals surface area contributed by atoms with Crippen LogP contribution in [0.2, 0.25) is 0 Å². The SMILES string of the molecule is C=CCc1ccc(OCCCCn2c(COc3ccc(OC)cc3)nc3ccccc32)c(OC)c1. The van der Waals surface area contributed by atoms with Crippen molar-refractivity contribution in [2.45, 2.75) is 32.4 Å². The molecule has 6 nitrogen and oxygen atoms in total. The summed E-state index contributed by atoms with van der Waals surface area (Å²) in [5, 5.41) is 0. The second kappa shape index (κ2) is 12.0. The largest absolute Gasteiger partial charge is 0.497 e. The Labute approximate surface area is 206 Å². The van der Waals surface area contributed by atoms with E-state index in [1.165, 1.54) is 0 Å². The average Bonchev–Trinajstić information content (AvgIpc) is 3.25. The molecule has 1 aromatic heterocycles. The first kappa shape index (κ1) is 24.2. The highest BCUT2D eigenvalue weighted by Gasteiger charge is 2.12. The second-order valence-electron chi connectivity index (χ2n) is 8.17. The number of benzene rings is 3. The highest BCUT2D eigenvalue weighted by Crippen LogP contribution is 2.28. The van der Waals surface area contributed by atoms with E-state index in [-0.39, 0.29) is 0 Å². The second-order valence-corrected chi connectivity index (χ2v) is 8.17. The first-order valence-electron chi connectivity index (χ1n) is 11.8. The summed E-state index contributed by atoms with van der Waals surface area (Å²) in [5.41, 5.74) is 3.24. The summed E-state index contributed by atoms with van der Waals surface area (Å²) in [6.07, 6.45) is 4.54. The van der Waals surface area contributed by atoms with Crippen LogP contribution in [-0.4, -0.2) is 30.4 Å².